The molecule has 0 spiro atoms. The zero-order chi connectivity index (χ0) is 22.7. The van der Waals surface area contributed by atoms with Crippen LogP contribution < -0.4 is 15.0 Å². The summed E-state index contributed by atoms with van der Waals surface area (Å²) in [6.07, 6.45) is -2.44. The van der Waals surface area contributed by atoms with Gasteiger partial charge in [0.2, 0.25) is 0 Å². The van der Waals surface area contributed by atoms with Crippen molar-refractivity contribution in [2.24, 2.45) is 0 Å². The van der Waals surface area contributed by atoms with E-state index in [9.17, 15) is 18.0 Å². The van der Waals surface area contributed by atoms with Crippen LogP contribution in [-0.4, -0.2) is 40.3 Å². The number of anilines is 1. The van der Waals surface area contributed by atoms with Crippen LogP contribution in [0.4, 0.5) is 19.0 Å². The van der Waals surface area contributed by atoms with Gasteiger partial charge in [0, 0.05) is 19.2 Å². The van der Waals surface area contributed by atoms with Crippen molar-refractivity contribution in [3.05, 3.63) is 71.7 Å². The second-order valence-corrected chi connectivity index (χ2v) is 7.59. The van der Waals surface area contributed by atoms with E-state index in [0.717, 1.165) is 11.6 Å². The highest BCUT2D eigenvalue weighted by Crippen LogP contribution is 2.30. The summed E-state index contributed by atoms with van der Waals surface area (Å²) < 4.78 is 44.8. The maximum atomic E-state index is 12.9. The molecule has 0 aliphatic carbocycles. The lowest BCUT2D eigenvalue weighted by atomic mass is 10.1. The number of hydrogen-bond donors (Lipinski definition) is 2. The topological polar surface area (TPSA) is 83.1 Å². The van der Waals surface area contributed by atoms with E-state index < -0.39 is 11.9 Å². The standard InChI is InChI=1S/C22H22F3N5O2/c1-14(27-21(31)18-9-11-26-29-18)15-5-7-16(8-6-15)32-17-10-12-30(13-17)20-4-2-3-19(28-20)22(23,24)25/h2-9,11,14,17H,10,12-13H2,1H3,(H,26,29)(H,27,31)/t14-,17+/m0/s1. The van der Waals surface area contributed by atoms with Gasteiger partial charge in [0.25, 0.3) is 5.91 Å². The number of carbonyl (C=O) groups is 1. The lowest BCUT2D eigenvalue weighted by molar-refractivity contribution is -0.141. The molecule has 1 aliphatic heterocycles. The molecule has 0 saturated carbocycles. The molecule has 0 radical (unpaired) electrons. The summed E-state index contributed by atoms with van der Waals surface area (Å²) in [5, 5.41) is 9.27. The molecule has 1 aliphatic rings. The number of aromatic nitrogens is 3. The van der Waals surface area contributed by atoms with Crippen molar-refractivity contribution < 1.29 is 22.7 Å². The zero-order valence-electron chi connectivity index (χ0n) is 17.3. The van der Waals surface area contributed by atoms with Crippen molar-refractivity contribution in [1.82, 2.24) is 20.5 Å². The first-order valence-corrected chi connectivity index (χ1v) is 10.2. The molecule has 1 saturated heterocycles. The third-order valence-corrected chi connectivity index (χ3v) is 5.27. The molecule has 7 nitrogen and oxygen atoms in total. The van der Waals surface area contributed by atoms with Crippen molar-refractivity contribution in [3.63, 3.8) is 0 Å². The Morgan fingerprint density at radius 1 is 1.22 bits per heavy atom. The average Bonchev–Trinajstić information content (AvgIpc) is 3.46. The van der Waals surface area contributed by atoms with E-state index in [1.54, 1.807) is 17.0 Å². The minimum Gasteiger partial charge on any atom is -0.489 e. The summed E-state index contributed by atoms with van der Waals surface area (Å²) in [6, 6.07) is 12.7. The lowest BCUT2D eigenvalue weighted by Gasteiger charge is -2.19. The Balaban J connectivity index is 1.33. The number of hydrogen-bond acceptors (Lipinski definition) is 5. The Morgan fingerprint density at radius 3 is 2.69 bits per heavy atom. The first-order valence-electron chi connectivity index (χ1n) is 10.2. The largest absolute Gasteiger partial charge is 0.489 e. The van der Waals surface area contributed by atoms with Crippen LogP contribution in [0.1, 0.15) is 41.1 Å². The van der Waals surface area contributed by atoms with Gasteiger partial charge in [0.1, 0.15) is 29.1 Å². The molecule has 0 bridgehead atoms. The highest BCUT2D eigenvalue weighted by atomic mass is 19.4. The Kier molecular flexibility index (Phi) is 6.02. The van der Waals surface area contributed by atoms with Gasteiger partial charge in [0.05, 0.1) is 12.6 Å². The number of amides is 1. The van der Waals surface area contributed by atoms with E-state index in [1.165, 1.54) is 12.3 Å². The monoisotopic (exact) mass is 445 g/mol. The number of halogens is 3. The minimum atomic E-state index is -4.47. The van der Waals surface area contributed by atoms with Crippen LogP contribution in [0.2, 0.25) is 0 Å². The molecule has 1 amide bonds. The second-order valence-electron chi connectivity index (χ2n) is 7.59. The molecule has 1 fully saturated rings. The molecule has 1 aromatic carbocycles. The summed E-state index contributed by atoms with van der Waals surface area (Å²) in [5.74, 6) is 0.706. The fourth-order valence-corrected chi connectivity index (χ4v) is 3.56. The van der Waals surface area contributed by atoms with Crippen molar-refractivity contribution in [1.29, 1.82) is 0 Å². The molecule has 2 aromatic heterocycles. The van der Waals surface area contributed by atoms with Crippen LogP contribution in [0.25, 0.3) is 0 Å². The van der Waals surface area contributed by atoms with Crippen LogP contribution in [0.15, 0.2) is 54.7 Å². The van der Waals surface area contributed by atoms with Gasteiger partial charge in [-0.15, -0.1) is 0 Å². The minimum absolute atomic E-state index is 0.158. The van der Waals surface area contributed by atoms with Crippen LogP contribution in [0.5, 0.6) is 5.75 Å². The first kappa shape index (κ1) is 21.7. The molecule has 2 N–H and O–H groups in total. The molecular weight excluding hydrogens is 423 g/mol. The molecule has 4 rings (SSSR count). The van der Waals surface area contributed by atoms with Gasteiger partial charge in [-0.1, -0.05) is 18.2 Å². The van der Waals surface area contributed by atoms with Crippen molar-refractivity contribution in [2.45, 2.75) is 31.7 Å². The lowest BCUT2D eigenvalue weighted by Crippen LogP contribution is -2.27. The number of aromatic amines is 1. The SMILES string of the molecule is C[C@H](NC(=O)c1ccn[nH]1)c1ccc(O[C@@H]2CCN(c3cccc(C(F)(F)F)n3)C2)cc1. The van der Waals surface area contributed by atoms with Crippen LogP contribution in [0, 0.1) is 0 Å². The molecule has 0 unspecified atom stereocenters. The van der Waals surface area contributed by atoms with Crippen molar-refractivity contribution in [3.8, 4) is 5.75 Å². The number of ether oxygens (including phenoxy) is 1. The maximum absolute atomic E-state index is 12.9. The maximum Gasteiger partial charge on any atom is 0.433 e. The normalized spacial score (nSPS) is 17.2. The Morgan fingerprint density at radius 2 is 2.00 bits per heavy atom. The summed E-state index contributed by atoms with van der Waals surface area (Å²) in [4.78, 5) is 17.7. The molecule has 2 atom stereocenters. The summed E-state index contributed by atoms with van der Waals surface area (Å²) in [6.45, 7) is 2.89. The van der Waals surface area contributed by atoms with E-state index in [1.807, 2.05) is 31.2 Å². The van der Waals surface area contributed by atoms with E-state index in [0.29, 0.717) is 36.8 Å². The van der Waals surface area contributed by atoms with Gasteiger partial charge in [-0.25, -0.2) is 4.98 Å². The molecule has 168 valence electrons. The van der Waals surface area contributed by atoms with Gasteiger partial charge in [0.15, 0.2) is 0 Å². The summed E-state index contributed by atoms with van der Waals surface area (Å²) in [7, 11) is 0. The van der Waals surface area contributed by atoms with E-state index in [2.05, 4.69) is 20.5 Å². The fraction of sp³-hybridized carbons (Fsp3) is 0.318. The van der Waals surface area contributed by atoms with Gasteiger partial charge < -0.3 is 15.0 Å². The Bertz CT molecular complexity index is 1050. The molecule has 10 heteroatoms. The molecular formula is C22H22F3N5O2. The fourth-order valence-electron chi connectivity index (χ4n) is 3.56. The van der Waals surface area contributed by atoms with Gasteiger partial charge in [-0.3, -0.25) is 9.89 Å². The average molecular weight is 445 g/mol. The third-order valence-electron chi connectivity index (χ3n) is 5.27. The number of H-pyrrole nitrogens is 1. The summed E-state index contributed by atoms with van der Waals surface area (Å²) in [5.41, 5.74) is 0.396. The number of rotatable bonds is 6. The zero-order valence-corrected chi connectivity index (χ0v) is 17.3. The number of pyridine rings is 1. The quantitative estimate of drug-likeness (QED) is 0.600. The number of nitrogens with zero attached hydrogens (tertiary/aromatic N) is 3. The second kappa shape index (κ2) is 8.89. The predicted octanol–water partition coefficient (Wildman–Crippen LogP) is 3.97. The molecule has 3 heterocycles. The van der Waals surface area contributed by atoms with Crippen LogP contribution in [0.3, 0.4) is 0 Å². The highest BCUT2D eigenvalue weighted by molar-refractivity contribution is 5.92. The Labute approximate surface area is 182 Å². The van der Waals surface area contributed by atoms with Crippen LogP contribution in [-0.2, 0) is 6.18 Å². The highest BCUT2D eigenvalue weighted by Gasteiger charge is 2.33. The van der Waals surface area contributed by atoms with Gasteiger partial charge in [-0.2, -0.15) is 18.3 Å². The third kappa shape index (κ3) is 5.01. The summed E-state index contributed by atoms with van der Waals surface area (Å²) >= 11 is 0. The smallest absolute Gasteiger partial charge is 0.433 e. The van der Waals surface area contributed by atoms with Gasteiger partial charge >= 0.3 is 6.18 Å². The number of nitrogens with one attached hydrogen (secondary N) is 2. The Hall–Kier alpha value is -3.56. The van der Waals surface area contributed by atoms with E-state index in [4.69, 9.17) is 4.74 Å². The molecule has 3 aromatic rings. The van der Waals surface area contributed by atoms with E-state index >= 15 is 0 Å². The van der Waals surface area contributed by atoms with Crippen molar-refractivity contribution in [2.75, 3.05) is 18.0 Å². The number of alkyl halides is 3. The van der Waals surface area contributed by atoms with E-state index in [-0.39, 0.29) is 18.1 Å². The van der Waals surface area contributed by atoms with Crippen molar-refractivity contribution >= 4 is 11.7 Å². The van der Waals surface area contributed by atoms with Crippen LogP contribution >= 0.6 is 0 Å². The first-order chi connectivity index (χ1) is 15.3. The number of carbonyl (C=O) groups excluding carboxylic acids is 1. The predicted molar refractivity (Wildman–Crippen MR) is 111 cm³/mol. The molecule has 32 heavy (non-hydrogen) atoms. The van der Waals surface area contributed by atoms with Gasteiger partial charge in [-0.05, 0) is 42.8 Å². The number of benzene rings is 1.